The second-order valence-corrected chi connectivity index (χ2v) is 5.50. The molecule has 1 N–H and O–H groups in total. The van der Waals surface area contributed by atoms with Crippen molar-refractivity contribution in [2.24, 2.45) is 7.05 Å². The van der Waals surface area contributed by atoms with Crippen LogP contribution in [-0.4, -0.2) is 16.3 Å². The van der Waals surface area contributed by atoms with Gasteiger partial charge in [0, 0.05) is 19.2 Å². The molecule has 0 amide bonds. The van der Waals surface area contributed by atoms with Gasteiger partial charge in [-0.15, -0.1) is 0 Å². The smallest absolute Gasteiger partial charge is 0.142 e. The fourth-order valence-corrected chi connectivity index (χ4v) is 2.45. The summed E-state index contributed by atoms with van der Waals surface area (Å²) in [6.45, 7) is 6.31. The molecule has 0 fully saturated rings. The Morgan fingerprint density at radius 3 is 2.86 bits per heavy atom. The van der Waals surface area contributed by atoms with Gasteiger partial charge in [0.15, 0.2) is 0 Å². The monoisotopic (exact) mass is 307 g/mol. The second kappa shape index (κ2) is 7.48. The zero-order chi connectivity index (χ0) is 15.2. The average molecular weight is 308 g/mol. The lowest BCUT2D eigenvalue weighted by Gasteiger charge is -2.13. The van der Waals surface area contributed by atoms with Gasteiger partial charge >= 0.3 is 0 Å². The van der Waals surface area contributed by atoms with Crippen LogP contribution in [0, 0.1) is 6.92 Å². The SMILES string of the molecule is CCCNCc1cccc(Cl)c1OCc1cc(C)nn1C. The van der Waals surface area contributed by atoms with Crippen LogP contribution in [0.2, 0.25) is 5.02 Å². The third-order valence-corrected chi connectivity index (χ3v) is 3.55. The third-order valence-electron chi connectivity index (χ3n) is 3.25. The molecule has 1 heterocycles. The molecule has 1 aromatic heterocycles. The van der Waals surface area contributed by atoms with Crippen molar-refractivity contribution in [2.75, 3.05) is 6.54 Å². The first-order valence-electron chi connectivity index (χ1n) is 7.22. The molecule has 5 heteroatoms. The first-order chi connectivity index (χ1) is 10.1. The van der Waals surface area contributed by atoms with Gasteiger partial charge in [-0.25, -0.2) is 0 Å². The van der Waals surface area contributed by atoms with E-state index in [1.54, 1.807) is 0 Å². The van der Waals surface area contributed by atoms with Gasteiger partial charge in [-0.05, 0) is 32.0 Å². The van der Waals surface area contributed by atoms with Crippen LogP contribution in [0.25, 0.3) is 0 Å². The van der Waals surface area contributed by atoms with E-state index >= 15 is 0 Å². The Hall–Kier alpha value is -1.52. The highest BCUT2D eigenvalue weighted by Crippen LogP contribution is 2.29. The van der Waals surface area contributed by atoms with E-state index in [0.29, 0.717) is 11.6 Å². The molecular formula is C16H22ClN3O. The van der Waals surface area contributed by atoms with Crippen molar-refractivity contribution in [3.05, 3.63) is 46.2 Å². The molecule has 0 radical (unpaired) electrons. The van der Waals surface area contributed by atoms with Crippen molar-refractivity contribution in [1.82, 2.24) is 15.1 Å². The van der Waals surface area contributed by atoms with E-state index in [1.165, 1.54) is 0 Å². The molecule has 0 aliphatic carbocycles. The van der Waals surface area contributed by atoms with Gasteiger partial charge in [0.05, 0.1) is 16.4 Å². The van der Waals surface area contributed by atoms with Crippen LogP contribution < -0.4 is 10.1 Å². The highest BCUT2D eigenvalue weighted by atomic mass is 35.5. The predicted molar refractivity (Wildman–Crippen MR) is 85.7 cm³/mol. The van der Waals surface area contributed by atoms with Crippen LogP contribution in [0.5, 0.6) is 5.75 Å². The number of para-hydroxylation sites is 1. The predicted octanol–water partition coefficient (Wildman–Crippen LogP) is 3.46. The van der Waals surface area contributed by atoms with E-state index in [-0.39, 0.29) is 0 Å². The number of nitrogens with one attached hydrogen (secondary N) is 1. The van der Waals surface area contributed by atoms with Crippen molar-refractivity contribution >= 4 is 11.6 Å². The van der Waals surface area contributed by atoms with E-state index in [9.17, 15) is 0 Å². The Morgan fingerprint density at radius 1 is 1.38 bits per heavy atom. The van der Waals surface area contributed by atoms with Gasteiger partial charge in [-0.3, -0.25) is 4.68 Å². The number of ether oxygens (including phenoxy) is 1. The van der Waals surface area contributed by atoms with Crippen LogP contribution in [0.4, 0.5) is 0 Å². The van der Waals surface area contributed by atoms with E-state index in [2.05, 4.69) is 17.3 Å². The molecule has 0 saturated carbocycles. The number of halogens is 1. The Morgan fingerprint density at radius 2 is 2.19 bits per heavy atom. The summed E-state index contributed by atoms with van der Waals surface area (Å²) >= 11 is 6.28. The van der Waals surface area contributed by atoms with Gasteiger partial charge < -0.3 is 10.1 Å². The van der Waals surface area contributed by atoms with Gasteiger partial charge in [0.2, 0.25) is 0 Å². The molecule has 1 aromatic carbocycles. The van der Waals surface area contributed by atoms with Gasteiger partial charge in [-0.2, -0.15) is 5.10 Å². The molecular weight excluding hydrogens is 286 g/mol. The largest absolute Gasteiger partial charge is 0.485 e. The fraction of sp³-hybridized carbons (Fsp3) is 0.438. The molecule has 21 heavy (non-hydrogen) atoms. The maximum Gasteiger partial charge on any atom is 0.142 e. The molecule has 0 aliphatic heterocycles. The molecule has 0 saturated heterocycles. The molecule has 2 aromatic rings. The second-order valence-electron chi connectivity index (χ2n) is 5.09. The molecule has 0 unspecified atom stereocenters. The summed E-state index contributed by atoms with van der Waals surface area (Å²) in [6, 6.07) is 7.87. The van der Waals surface area contributed by atoms with Crippen molar-refractivity contribution in [1.29, 1.82) is 0 Å². The number of hydrogen-bond donors (Lipinski definition) is 1. The Kier molecular flexibility index (Phi) is 5.65. The Labute approximate surface area is 131 Å². The first kappa shape index (κ1) is 15.9. The summed E-state index contributed by atoms with van der Waals surface area (Å²) in [6.07, 6.45) is 1.10. The molecule has 0 spiro atoms. The number of hydrogen-bond acceptors (Lipinski definition) is 3. The van der Waals surface area contributed by atoms with E-state index in [4.69, 9.17) is 16.3 Å². The normalized spacial score (nSPS) is 10.9. The summed E-state index contributed by atoms with van der Waals surface area (Å²) in [4.78, 5) is 0. The maximum absolute atomic E-state index is 6.28. The number of rotatable bonds is 7. The van der Waals surface area contributed by atoms with E-state index in [0.717, 1.165) is 42.2 Å². The van der Waals surface area contributed by atoms with Crippen molar-refractivity contribution in [3.63, 3.8) is 0 Å². The molecule has 0 atom stereocenters. The number of nitrogens with zero attached hydrogens (tertiary/aromatic N) is 2. The summed E-state index contributed by atoms with van der Waals surface area (Å²) in [7, 11) is 1.92. The van der Waals surface area contributed by atoms with Gasteiger partial charge in [0.1, 0.15) is 12.4 Å². The van der Waals surface area contributed by atoms with Crippen molar-refractivity contribution in [2.45, 2.75) is 33.4 Å². The lowest BCUT2D eigenvalue weighted by Crippen LogP contribution is -2.15. The number of benzene rings is 1. The van der Waals surface area contributed by atoms with E-state index in [1.807, 2.05) is 42.9 Å². The standard InChI is InChI=1S/C16H22ClN3O/c1-4-8-18-10-13-6-5-7-15(17)16(13)21-11-14-9-12(2)19-20(14)3/h5-7,9,18H,4,8,10-11H2,1-3H3. The van der Waals surface area contributed by atoms with Crippen LogP contribution in [-0.2, 0) is 20.2 Å². The number of aromatic nitrogens is 2. The summed E-state index contributed by atoms with van der Waals surface area (Å²) in [5, 5.41) is 8.34. The highest BCUT2D eigenvalue weighted by molar-refractivity contribution is 6.32. The van der Waals surface area contributed by atoms with Crippen LogP contribution in [0.15, 0.2) is 24.3 Å². The molecule has 4 nitrogen and oxygen atoms in total. The summed E-state index contributed by atoms with van der Waals surface area (Å²) in [5.41, 5.74) is 3.09. The van der Waals surface area contributed by atoms with Crippen molar-refractivity contribution < 1.29 is 4.74 Å². The Bertz CT molecular complexity index is 595. The van der Waals surface area contributed by atoms with Crippen LogP contribution in [0.1, 0.15) is 30.3 Å². The minimum absolute atomic E-state index is 0.460. The van der Waals surface area contributed by atoms with Crippen molar-refractivity contribution in [3.8, 4) is 5.75 Å². The average Bonchev–Trinajstić information content (AvgIpc) is 2.76. The van der Waals surface area contributed by atoms with E-state index < -0.39 is 0 Å². The minimum atomic E-state index is 0.460. The molecule has 0 bridgehead atoms. The highest BCUT2D eigenvalue weighted by Gasteiger charge is 2.10. The summed E-state index contributed by atoms with van der Waals surface area (Å²) < 4.78 is 7.78. The van der Waals surface area contributed by atoms with Gasteiger partial charge in [-0.1, -0.05) is 30.7 Å². The topological polar surface area (TPSA) is 39.1 Å². The molecule has 114 valence electrons. The van der Waals surface area contributed by atoms with Crippen LogP contribution in [0.3, 0.4) is 0 Å². The third kappa shape index (κ3) is 4.22. The fourth-order valence-electron chi connectivity index (χ4n) is 2.20. The molecule has 0 aliphatic rings. The zero-order valence-corrected chi connectivity index (χ0v) is 13.6. The quantitative estimate of drug-likeness (QED) is 0.796. The van der Waals surface area contributed by atoms with Crippen LogP contribution >= 0.6 is 11.6 Å². The number of aryl methyl sites for hydroxylation is 2. The summed E-state index contributed by atoms with van der Waals surface area (Å²) in [5.74, 6) is 0.752. The Balaban J connectivity index is 2.09. The zero-order valence-electron chi connectivity index (χ0n) is 12.8. The van der Waals surface area contributed by atoms with Gasteiger partial charge in [0.25, 0.3) is 0 Å². The molecule has 2 rings (SSSR count). The lowest BCUT2D eigenvalue weighted by molar-refractivity contribution is 0.291. The minimum Gasteiger partial charge on any atom is -0.485 e. The lowest BCUT2D eigenvalue weighted by atomic mass is 10.2. The maximum atomic E-state index is 6.28. The first-order valence-corrected chi connectivity index (χ1v) is 7.60.